The van der Waals surface area contributed by atoms with Gasteiger partial charge in [0.25, 0.3) is 0 Å². The number of nitrogens with zero attached hydrogens (tertiary/aromatic N) is 2. The van der Waals surface area contributed by atoms with Crippen molar-refractivity contribution in [2.24, 2.45) is 5.84 Å². The number of hydrazine groups is 1. The molecule has 6 heteroatoms. The third kappa shape index (κ3) is 2.98. The number of pyridine rings is 1. The maximum absolute atomic E-state index is 5.67. The third-order valence-electron chi connectivity index (χ3n) is 3.34. The average molecular weight is 292 g/mol. The molecule has 1 atom stereocenters. The molecule has 3 N–H and O–H groups in total. The van der Waals surface area contributed by atoms with Gasteiger partial charge in [0, 0.05) is 34.8 Å². The monoisotopic (exact) mass is 292 g/mol. The largest absolute Gasteiger partial charge is 0.496 e. The highest BCUT2D eigenvalue weighted by Gasteiger charge is 2.17. The van der Waals surface area contributed by atoms with Crippen LogP contribution in [0.5, 0.6) is 5.75 Å². The highest BCUT2D eigenvalue weighted by molar-refractivity contribution is 7.09. The van der Waals surface area contributed by atoms with Crippen molar-refractivity contribution in [3.05, 3.63) is 39.1 Å². The molecule has 0 saturated heterocycles. The van der Waals surface area contributed by atoms with Gasteiger partial charge in [-0.15, -0.1) is 11.3 Å². The lowest BCUT2D eigenvalue weighted by Gasteiger charge is -2.17. The second-order valence-electron chi connectivity index (χ2n) is 4.76. The van der Waals surface area contributed by atoms with Crippen molar-refractivity contribution < 1.29 is 4.74 Å². The van der Waals surface area contributed by atoms with E-state index in [0.29, 0.717) is 6.42 Å². The number of ether oxygens (including phenoxy) is 1. The van der Waals surface area contributed by atoms with Gasteiger partial charge in [-0.25, -0.2) is 4.98 Å². The van der Waals surface area contributed by atoms with E-state index in [4.69, 9.17) is 10.6 Å². The number of aromatic nitrogens is 2. The Balaban J connectivity index is 2.28. The molecule has 2 rings (SSSR count). The van der Waals surface area contributed by atoms with E-state index in [0.717, 1.165) is 33.3 Å². The summed E-state index contributed by atoms with van der Waals surface area (Å²) in [5.74, 6) is 6.56. The Morgan fingerprint density at radius 2 is 2.15 bits per heavy atom. The number of nitrogens with one attached hydrogen (secondary N) is 1. The molecule has 0 aromatic carbocycles. The molecule has 0 radical (unpaired) electrons. The van der Waals surface area contributed by atoms with E-state index in [-0.39, 0.29) is 6.04 Å². The maximum atomic E-state index is 5.67. The quantitative estimate of drug-likeness (QED) is 0.653. The lowest BCUT2D eigenvalue weighted by molar-refractivity contribution is 0.406. The van der Waals surface area contributed by atoms with Crippen LogP contribution in [0.15, 0.2) is 11.6 Å². The van der Waals surface area contributed by atoms with Gasteiger partial charge < -0.3 is 4.74 Å². The summed E-state index contributed by atoms with van der Waals surface area (Å²) in [7, 11) is 1.68. The Hall–Kier alpha value is -1.50. The summed E-state index contributed by atoms with van der Waals surface area (Å²) in [6.07, 6.45) is 2.52. The smallest absolute Gasteiger partial charge is 0.128 e. The van der Waals surface area contributed by atoms with Crippen molar-refractivity contribution in [3.63, 3.8) is 0 Å². The van der Waals surface area contributed by atoms with Gasteiger partial charge in [0.05, 0.1) is 23.9 Å². The maximum Gasteiger partial charge on any atom is 0.128 e. The van der Waals surface area contributed by atoms with Crippen LogP contribution in [-0.4, -0.2) is 17.1 Å². The van der Waals surface area contributed by atoms with Crippen LogP contribution in [0.2, 0.25) is 0 Å². The Morgan fingerprint density at radius 1 is 1.40 bits per heavy atom. The minimum Gasteiger partial charge on any atom is -0.496 e. The van der Waals surface area contributed by atoms with E-state index in [1.807, 2.05) is 32.3 Å². The van der Waals surface area contributed by atoms with Gasteiger partial charge in [-0.3, -0.25) is 16.3 Å². The number of methoxy groups -OCH3 is 1. The molecule has 0 fully saturated rings. The molecule has 0 saturated carbocycles. The van der Waals surface area contributed by atoms with Gasteiger partial charge in [-0.1, -0.05) is 0 Å². The lowest BCUT2D eigenvalue weighted by atomic mass is 10.0. The van der Waals surface area contributed by atoms with Crippen LogP contribution in [0.25, 0.3) is 0 Å². The highest BCUT2D eigenvalue weighted by Crippen LogP contribution is 2.27. The first kappa shape index (κ1) is 14.9. The van der Waals surface area contributed by atoms with Gasteiger partial charge in [-0.2, -0.15) is 0 Å². The second kappa shape index (κ2) is 6.30. The molecule has 1 unspecified atom stereocenters. The minimum atomic E-state index is -0.0430. The fourth-order valence-corrected chi connectivity index (χ4v) is 2.93. The van der Waals surface area contributed by atoms with E-state index in [1.54, 1.807) is 18.4 Å². The minimum absolute atomic E-state index is 0.0430. The van der Waals surface area contributed by atoms with E-state index in [9.17, 15) is 0 Å². The molecule has 0 bridgehead atoms. The van der Waals surface area contributed by atoms with E-state index in [2.05, 4.69) is 15.4 Å². The van der Waals surface area contributed by atoms with Crippen LogP contribution < -0.4 is 16.0 Å². The van der Waals surface area contributed by atoms with Crippen molar-refractivity contribution in [1.82, 2.24) is 15.4 Å². The molecular weight excluding hydrogens is 272 g/mol. The number of aryl methyl sites for hydroxylation is 2. The van der Waals surface area contributed by atoms with Gasteiger partial charge in [0.2, 0.25) is 0 Å². The molecular formula is C14H20N4OS. The van der Waals surface area contributed by atoms with Crippen LogP contribution in [0.1, 0.15) is 33.6 Å². The molecule has 2 aromatic heterocycles. The molecule has 2 heterocycles. The molecule has 5 nitrogen and oxygen atoms in total. The number of hydrogen-bond acceptors (Lipinski definition) is 6. The van der Waals surface area contributed by atoms with Crippen molar-refractivity contribution in [1.29, 1.82) is 0 Å². The molecule has 108 valence electrons. The van der Waals surface area contributed by atoms with E-state index < -0.39 is 0 Å². The van der Waals surface area contributed by atoms with Crippen LogP contribution in [0.4, 0.5) is 0 Å². The number of hydrogen-bond donors (Lipinski definition) is 2. The molecule has 2 aromatic rings. The molecule has 0 spiro atoms. The third-order valence-corrected chi connectivity index (χ3v) is 4.13. The van der Waals surface area contributed by atoms with Crippen LogP contribution in [0.3, 0.4) is 0 Å². The predicted octanol–water partition coefficient (Wildman–Crippen LogP) is 2.22. The van der Waals surface area contributed by atoms with Crippen LogP contribution >= 0.6 is 11.3 Å². The first-order chi connectivity index (χ1) is 9.56. The summed E-state index contributed by atoms with van der Waals surface area (Å²) < 4.78 is 5.44. The first-order valence-corrected chi connectivity index (χ1v) is 7.32. The molecule has 20 heavy (non-hydrogen) atoms. The summed E-state index contributed by atoms with van der Waals surface area (Å²) >= 11 is 1.62. The zero-order valence-corrected chi connectivity index (χ0v) is 13.0. The summed E-state index contributed by atoms with van der Waals surface area (Å²) in [5, 5.41) is 3.06. The summed E-state index contributed by atoms with van der Waals surface area (Å²) in [6.45, 7) is 6.00. The fraction of sp³-hybridized carbons (Fsp3) is 0.429. The second-order valence-corrected chi connectivity index (χ2v) is 5.82. The molecule has 0 amide bonds. The summed E-state index contributed by atoms with van der Waals surface area (Å²) in [6, 6.07) is -0.0430. The SMILES string of the molecule is COc1c(C)cnc(CC(NN)c2csc(C)n2)c1C. The predicted molar refractivity (Wildman–Crippen MR) is 80.9 cm³/mol. The topological polar surface area (TPSA) is 73.1 Å². The van der Waals surface area contributed by atoms with Crippen molar-refractivity contribution >= 4 is 11.3 Å². The Kier molecular flexibility index (Phi) is 4.69. The van der Waals surface area contributed by atoms with Gasteiger partial charge in [0.1, 0.15) is 5.75 Å². The Bertz CT molecular complexity index is 597. The standard InChI is InChI=1S/C14H20N4OS/c1-8-6-16-11(9(2)14(8)19-4)5-12(18-15)13-7-20-10(3)17-13/h6-7,12,18H,5,15H2,1-4H3. The van der Waals surface area contributed by atoms with E-state index >= 15 is 0 Å². The van der Waals surface area contributed by atoms with Gasteiger partial charge in [-0.05, 0) is 20.8 Å². The Labute approximate surface area is 123 Å². The number of rotatable bonds is 5. The van der Waals surface area contributed by atoms with Crippen molar-refractivity contribution in [2.75, 3.05) is 7.11 Å². The van der Waals surface area contributed by atoms with Crippen molar-refractivity contribution in [2.45, 2.75) is 33.2 Å². The van der Waals surface area contributed by atoms with Gasteiger partial charge in [0.15, 0.2) is 0 Å². The zero-order valence-electron chi connectivity index (χ0n) is 12.2. The number of thiazole rings is 1. The summed E-state index contributed by atoms with van der Waals surface area (Å²) in [5.41, 5.74) is 6.84. The van der Waals surface area contributed by atoms with Crippen LogP contribution in [-0.2, 0) is 6.42 Å². The average Bonchev–Trinajstić information content (AvgIpc) is 2.85. The molecule has 0 aliphatic heterocycles. The fourth-order valence-electron chi connectivity index (χ4n) is 2.26. The normalized spacial score (nSPS) is 12.4. The highest BCUT2D eigenvalue weighted by atomic mass is 32.1. The molecule has 0 aliphatic rings. The van der Waals surface area contributed by atoms with Crippen LogP contribution in [0, 0.1) is 20.8 Å². The van der Waals surface area contributed by atoms with Gasteiger partial charge >= 0.3 is 0 Å². The Morgan fingerprint density at radius 3 is 2.70 bits per heavy atom. The first-order valence-electron chi connectivity index (χ1n) is 6.44. The van der Waals surface area contributed by atoms with Crippen molar-refractivity contribution in [3.8, 4) is 5.75 Å². The number of nitrogens with two attached hydrogens (primary N) is 1. The van der Waals surface area contributed by atoms with E-state index in [1.165, 1.54) is 0 Å². The zero-order chi connectivity index (χ0) is 14.7. The summed E-state index contributed by atoms with van der Waals surface area (Å²) in [4.78, 5) is 8.99. The lowest BCUT2D eigenvalue weighted by Crippen LogP contribution is -2.30. The molecule has 0 aliphatic carbocycles.